The highest BCUT2D eigenvalue weighted by Crippen LogP contribution is 2.37. The maximum atomic E-state index is 13.7. The van der Waals surface area contributed by atoms with Gasteiger partial charge in [0, 0.05) is 24.5 Å². The number of amides is 3. The normalized spacial score (nSPS) is 17.9. The molecule has 0 radical (unpaired) electrons. The number of nitrogens with zero attached hydrogens (tertiary/aromatic N) is 4. The lowest BCUT2D eigenvalue weighted by Crippen LogP contribution is -2.52. The molecule has 2 aliphatic rings. The molecular formula is C30H32F3N5O7S2. The fraction of sp³-hybridized carbons (Fsp3) is 0.400. The monoisotopic (exact) mass is 695 g/mol. The molecular weight excluding hydrogens is 663 g/mol. The molecule has 3 amide bonds. The van der Waals surface area contributed by atoms with Crippen molar-refractivity contribution >= 4 is 56.2 Å². The largest absolute Gasteiger partial charge is 0.497 e. The summed E-state index contributed by atoms with van der Waals surface area (Å²) in [6.45, 7) is 4.62. The molecule has 17 heteroatoms. The number of halogens is 3. The molecule has 0 bridgehead atoms. The molecule has 2 aromatic carbocycles. The lowest BCUT2D eigenvalue weighted by atomic mass is 10.0. The van der Waals surface area contributed by atoms with E-state index < -0.39 is 50.8 Å². The van der Waals surface area contributed by atoms with Crippen molar-refractivity contribution in [2.45, 2.75) is 58.0 Å². The minimum absolute atomic E-state index is 0.0174. The maximum Gasteiger partial charge on any atom is 0.422 e. The summed E-state index contributed by atoms with van der Waals surface area (Å²) in [6.07, 6.45) is -2.27. The Morgan fingerprint density at radius 3 is 2.45 bits per heavy atom. The van der Waals surface area contributed by atoms with Gasteiger partial charge in [-0.25, -0.2) is 9.52 Å². The van der Waals surface area contributed by atoms with E-state index in [0.717, 1.165) is 27.0 Å². The van der Waals surface area contributed by atoms with E-state index >= 15 is 0 Å². The minimum atomic E-state index is -4.59. The Morgan fingerprint density at radius 1 is 1.11 bits per heavy atom. The third-order valence-electron chi connectivity index (χ3n) is 7.47. The van der Waals surface area contributed by atoms with Gasteiger partial charge >= 0.3 is 22.5 Å². The number of aromatic nitrogens is 2. The molecule has 12 nitrogen and oxygen atoms in total. The van der Waals surface area contributed by atoms with Crippen LogP contribution in [0.5, 0.6) is 5.75 Å². The number of hydrogen-bond acceptors (Lipinski definition) is 9. The van der Waals surface area contributed by atoms with Crippen molar-refractivity contribution in [3.05, 3.63) is 64.2 Å². The fourth-order valence-corrected chi connectivity index (χ4v) is 7.29. The Labute approximate surface area is 273 Å². The molecule has 2 fully saturated rings. The first-order valence-corrected chi connectivity index (χ1v) is 16.7. The van der Waals surface area contributed by atoms with E-state index in [4.69, 9.17) is 9.47 Å². The van der Waals surface area contributed by atoms with E-state index in [0.29, 0.717) is 16.5 Å². The molecule has 0 unspecified atom stereocenters. The van der Waals surface area contributed by atoms with Crippen molar-refractivity contribution in [1.29, 1.82) is 0 Å². The van der Waals surface area contributed by atoms with Crippen LogP contribution in [0.4, 0.5) is 22.8 Å². The Morgan fingerprint density at radius 2 is 1.81 bits per heavy atom. The lowest BCUT2D eigenvalue weighted by molar-refractivity contribution is -0.138. The molecule has 0 atom stereocenters. The summed E-state index contributed by atoms with van der Waals surface area (Å²) in [4.78, 5) is 39.5. The van der Waals surface area contributed by atoms with Crippen molar-refractivity contribution in [2.24, 2.45) is 0 Å². The number of nitrogens with one attached hydrogen (secondary N) is 1. The van der Waals surface area contributed by atoms with Crippen molar-refractivity contribution < 1.29 is 45.4 Å². The van der Waals surface area contributed by atoms with E-state index in [1.165, 1.54) is 30.1 Å². The molecule has 3 heterocycles. The molecule has 0 saturated carbocycles. The number of fused-ring (bicyclic) bond motifs is 1. The second-order valence-corrected chi connectivity index (χ2v) is 14.6. The molecule has 252 valence electrons. The van der Waals surface area contributed by atoms with Gasteiger partial charge in [0.2, 0.25) is 0 Å². The number of hydrogen-bond donors (Lipinski definition) is 1. The number of imide groups is 1. The van der Waals surface area contributed by atoms with Gasteiger partial charge in [-0.1, -0.05) is 12.1 Å². The number of alkyl halides is 3. The van der Waals surface area contributed by atoms with Crippen LogP contribution in [0.3, 0.4) is 0 Å². The van der Waals surface area contributed by atoms with Crippen LogP contribution in [0.15, 0.2) is 47.5 Å². The number of piperidine rings is 1. The van der Waals surface area contributed by atoms with Gasteiger partial charge in [0.25, 0.3) is 11.1 Å². The third kappa shape index (κ3) is 7.73. The number of rotatable bonds is 7. The quantitative estimate of drug-likeness (QED) is 0.323. The zero-order valence-electron chi connectivity index (χ0n) is 25.8. The first kappa shape index (κ1) is 34.3. The SMILES string of the molecule is COc1ccc(Cn2ncc3cc(C=C4SC(=O)N(C5CCN(S(=O)(=O)NC(=O)OC(C)(C)C)CC5)C4=O)ccc32)c(C(F)(F)F)c1. The Bertz CT molecular complexity index is 1860. The topological polar surface area (TPSA) is 140 Å². The van der Waals surface area contributed by atoms with Crippen molar-refractivity contribution in [3.8, 4) is 5.75 Å². The molecule has 3 aromatic rings. The Kier molecular flexibility index (Phi) is 9.36. The lowest BCUT2D eigenvalue weighted by Gasteiger charge is -2.34. The summed E-state index contributed by atoms with van der Waals surface area (Å²) >= 11 is 0.765. The van der Waals surface area contributed by atoms with Crippen LogP contribution in [0.2, 0.25) is 0 Å². The third-order valence-corrected chi connectivity index (χ3v) is 9.82. The van der Waals surface area contributed by atoms with Gasteiger partial charge in [0.15, 0.2) is 0 Å². The number of thioether (sulfide) groups is 1. The van der Waals surface area contributed by atoms with E-state index in [1.54, 1.807) is 45.0 Å². The van der Waals surface area contributed by atoms with Crippen molar-refractivity contribution in [3.63, 3.8) is 0 Å². The number of carbonyl (C=O) groups is 3. The molecule has 0 spiro atoms. The second kappa shape index (κ2) is 12.8. The smallest absolute Gasteiger partial charge is 0.422 e. The minimum Gasteiger partial charge on any atom is -0.497 e. The Balaban J connectivity index is 1.26. The van der Waals surface area contributed by atoms with Crippen LogP contribution >= 0.6 is 11.8 Å². The second-order valence-electron chi connectivity index (χ2n) is 11.9. The van der Waals surface area contributed by atoms with E-state index in [9.17, 15) is 36.0 Å². The molecule has 5 rings (SSSR count). The van der Waals surface area contributed by atoms with Gasteiger partial charge in [-0.15, -0.1) is 0 Å². The molecule has 47 heavy (non-hydrogen) atoms. The zero-order chi connectivity index (χ0) is 34.3. The highest BCUT2D eigenvalue weighted by atomic mass is 32.2. The van der Waals surface area contributed by atoms with Crippen LogP contribution in [0.1, 0.15) is 50.3 Å². The van der Waals surface area contributed by atoms with Crippen LogP contribution in [-0.2, 0) is 32.5 Å². The van der Waals surface area contributed by atoms with Crippen molar-refractivity contribution in [2.75, 3.05) is 20.2 Å². The van der Waals surface area contributed by atoms with E-state index in [1.807, 2.05) is 4.72 Å². The van der Waals surface area contributed by atoms with Gasteiger partial charge in [-0.2, -0.15) is 31.0 Å². The molecule has 2 aliphatic heterocycles. The highest BCUT2D eigenvalue weighted by Gasteiger charge is 2.42. The van der Waals surface area contributed by atoms with Crippen LogP contribution in [-0.4, -0.2) is 76.5 Å². The van der Waals surface area contributed by atoms with Gasteiger partial charge in [-0.05, 0) is 86.8 Å². The summed E-state index contributed by atoms with van der Waals surface area (Å²) in [7, 11) is -2.89. The molecule has 2 saturated heterocycles. The number of ether oxygens (including phenoxy) is 2. The van der Waals surface area contributed by atoms with Crippen molar-refractivity contribution in [1.82, 2.24) is 23.7 Å². The summed E-state index contributed by atoms with van der Waals surface area (Å²) in [5, 5.41) is 4.41. The summed E-state index contributed by atoms with van der Waals surface area (Å²) in [6, 6.07) is 8.28. The number of methoxy groups -OCH3 is 1. The van der Waals surface area contributed by atoms with Crippen LogP contribution in [0.25, 0.3) is 17.0 Å². The van der Waals surface area contributed by atoms with Crippen LogP contribution in [0, 0.1) is 0 Å². The standard InChI is InChI=1S/C30H32F3N5O7S2/c1-29(2,3)45-27(40)35-47(42,43)36-11-9-21(10-12-36)38-26(39)25(46-28(38)41)14-18-5-8-24-20(13-18)16-34-37(24)17-19-6-7-22(44-4)15-23(19)30(31,32)33/h5-8,13-16,21H,9-12,17H2,1-4H3,(H,35,40). The Hall–Kier alpha value is -4.09. The first-order valence-electron chi connectivity index (χ1n) is 14.4. The predicted molar refractivity (Wildman–Crippen MR) is 168 cm³/mol. The molecule has 1 N–H and O–H groups in total. The first-order chi connectivity index (χ1) is 21.9. The predicted octanol–water partition coefficient (Wildman–Crippen LogP) is 5.38. The maximum absolute atomic E-state index is 13.7. The van der Waals surface area contributed by atoms with Gasteiger partial charge in [0.1, 0.15) is 11.4 Å². The summed E-state index contributed by atoms with van der Waals surface area (Å²) in [5.41, 5.74) is -0.539. The van der Waals surface area contributed by atoms with Gasteiger partial charge < -0.3 is 9.47 Å². The average Bonchev–Trinajstić information content (AvgIpc) is 3.49. The molecule has 1 aromatic heterocycles. The number of carbonyl (C=O) groups excluding carboxylic acids is 3. The highest BCUT2D eigenvalue weighted by molar-refractivity contribution is 8.18. The van der Waals surface area contributed by atoms with Gasteiger partial charge in [0.05, 0.1) is 35.8 Å². The van der Waals surface area contributed by atoms with Crippen LogP contribution < -0.4 is 9.46 Å². The van der Waals surface area contributed by atoms with Gasteiger partial charge in [-0.3, -0.25) is 19.2 Å². The van der Waals surface area contributed by atoms with E-state index in [-0.39, 0.29) is 48.7 Å². The average molecular weight is 696 g/mol. The number of benzene rings is 2. The fourth-order valence-electron chi connectivity index (χ4n) is 5.32. The zero-order valence-corrected chi connectivity index (χ0v) is 27.5. The molecule has 0 aliphatic carbocycles. The van der Waals surface area contributed by atoms with E-state index in [2.05, 4.69) is 5.10 Å². The summed E-state index contributed by atoms with van der Waals surface area (Å²) < 4.78 is 80.8. The summed E-state index contributed by atoms with van der Waals surface area (Å²) in [5.74, 6) is -0.422.